The minimum absolute atomic E-state index is 0.0405. The van der Waals surface area contributed by atoms with Gasteiger partial charge in [0.15, 0.2) is 0 Å². The molecule has 1 aliphatic heterocycles. The van der Waals surface area contributed by atoms with Gasteiger partial charge in [0.1, 0.15) is 5.69 Å². The highest BCUT2D eigenvalue weighted by Crippen LogP contribution is 2.31. The van der Waals surface area contributed by atoms with Crippen LogP contribution in [0.3, 0.4) is 0 Å². The molecule has 23 heavy (non-hydrogen) atoms. The molecule has 2 heterocycles. The molecule has 2 rings (SSSR count). The van der Waals surface area contributed by atoms with Crippen LogP contribution in [0.4, 0.5) is 0 Å². The van der Waals surface area contributed by atoms with Crippen LogP contribution in [0.5, 0.6) is 0 Å². The van der Waals surface area contributed by atoms with Gasteiger partial charge in [0, 0.05) is 30.5 Å². The van der Waals surface area contributed by atoms with Gasteiger partial charge in [0.05, 0.1) is 31.1 Å². The van der Waals surface area contributed by atoms with Gasteiger partial charge in [-0.2, -0.15) is 5.10 Å². The van der Waals surface area contributed by atoms with Crippen LogP contribution in [0.15, 0.2) is 0 Å². The number of fused-ring (bicyclic) bond motifs is 1. The van der Waals surface area contributed by atoms with Crippen molar-refractivity contribution in [3.8, 4) is 0 Å². The first-order valence-corrected chi connectivity index (χ1v) is 8.10. The van der Waals surface area contributed by atoms with Crippen molar-refractivity contribution in [2.24, 2.45) is 5.41 Å². The Labute approximate surface area is 136 Å². The first kappa shape index (κ1) is 17.9. The third kappa shape index (κ3) is 3.57. The van der Waals surface area contributed by atoms with Gasteiger partial charge in [-0.05, 0) is 20.8 Å². The number of carbonyl (C=O) groups is 1. The zero-order valence-corrected chi connectivity index (χ0v) is 14.3. The number of hydrogen-bond acceptors (Lipinski definition) is 5. The van der Waals surface area contributed by atoms with E-state index in [9.17, 15) is 15.0 Å². The fourth-order valence-corrected chi connectivity index (χ4v) is 2.82. The van der Waals surface area contributed by atoms with E-state index in [1.165, 1.54) is 0 Å². The number of carbonyl (C=O) groups excluding carboxylic acids is 1. The van der Waals surface area contributed by atoms with Crippen LogP contribution < -0.4 is 5.32 Å². The monoisotopic (exact) mass is 325 g/mol. The molecule has 0 saturated carbocycles. The van der Waals surface area contributed by atoms with Gasteiger partial charge in [-0.25, -0.2) is 0 Å². The Morgan fingerprint density at radius 2 is 2.09 bits per heavy atom. The maximum absolute atomic E-state index is 12.7. The van der Waals surface area contributed by atoms with Crippen LogP contribution >= 0.6 is 0 Å². The summed E-state index contributed by atoms with van der Waals surface area (Å²) in [4.78, 5) is 12.7. The molecule has 130 valence electrons. The molecule has 0 unspecified atom stereocenters. The minimum Gasteiger partial charge on any atom is -0.396 e. The molecule has 1 aromatic rings. The summed E-state index contributed by atoms with van der Waals surface area (Å²) in [5.41, 5.74) is 1.58. The quantitative estimate of drug-likeness (QED) is 0.713. The van der Waals surface area contributed by atoms with Gasteiger partial charge < -0.3 is 20.3 Å². The molecule has 0 fully saturated rings. The lowest BCUT2D eigenvalue weighted by Gasteiger charge is -2.26. The van der Waals surface area contributed by atoms with Crippen molar-refractivity contribution < 1.29 is 19.7 Å². The topological polar surface area (TPSA) is 96.6 Å². The number of nitrogens with zero attached hydrogens (tertiary/aromatic N) is 2. The Kier molecular flexibility index (Phi) is 5.44. The second-order valence-corrected chi connectivity index (χ2v) is 6.63. The molecule has 7 heteroatoms. The van der Waals surface area contributed by atoms with Crippen molar-refractivity contribution in [1.29, 1.82) is 0 Å². The summed E-state index contributed by atoms with van der Waals surface area (Å²) in [7, 11) is 0. The van der Waals surface area contributed by atoms with Crippen molar-refractivity contribution in [1.82, 2.24) is 15.1 Å². The molecule has 0 bridgehead atoms. The summed E-state index contributed by atoms with van der Waals surface area (Å²) in [6, 6.07) is 0. The van der Waals surface area contributed by atoms with Gasteiger partial charge in [0.2, 0.25) is 0 Å². The van der Waals surface area contributed by atoms with E-state index in [1.807, 2.05) is 20.8 Å². The third-order valence-electron chi connectivity index (χ3n) is 4.35. The second-order valence-electron chi connectivity index (χ2n) is 6.63. The third-order valence-corrected chi connectivity index (χ3v) is 4.35. The van der Waals surface area contributed by atoms with Gasteiger partial charge in [-0.1, -0.05) is 6.92 Å². The van der Waals surface area contributed by atoms with Gasteiger partial charge in [0.25, 0.3) is 5.91 Å². The molecule has 1 aromatic heterocycles. The summed E-state index contributed by atoms with van der Waals surface area (Å²) in [6.45, 7) is 7.98. The summed E-state index contributed by atoms with van der Waals surface area (Å²) < 4.78 is 7.48. The van der Waals surface area contributed by atoms with E-state index in [0.717, 1.165) is 11.3 Å². The van der Waals surface area contributed by atoms with E-state index >= 15 is 0 Å². The molecule has 0 aromatic carbocycles. The smallest absolute Gasteiger partial charge is 0.269 e. The van der Waals surface area contributed by atoms with E-state index in [-0.39, 0.29) is 37.9 Å². The van der Waals surface area contributed by atoms with Crippen LogP contribution in [0, 0.1) is 5.41 Å². The fraction of sp³-hybridized carbons (Fsp3) is 0.750. The van der Waals surface area contributed by atoms with Crippen molar-refractivity contribution in [2.45, 2.75) is 52.9 Å². The molecule has 2 atom stereocenters. The van der Waals surface area contributed by atoms with Crippen molar-refractivity contribution in [3.05, 3.63) is 17.0 Å². The average Bonchev–Trinajstić information content (AvgIpc) is 2.91. The summed E-state index contributed by atoms with van der Waals surface area (Å²) in [6.07, 6.45) is 0.562. The number of nitrogens with one attached hydrogen (secondary N) is 1. The van der Waals surface area contributed by atoms with E-state index in [1.54, 1.807) is 11.6 Å². The number of aromatic nitrogens is 2. The van der Waals surface area contributed by atoms with Gasteiger partial charge >= 0.3 is 0 Å². The van der Waals surface area contributed by atoms with Crippen LogP contribution in [0.25, 0.3) is 0 Å². The molecule has 0 saturated heterocycles. The van der Waals surface area contributed by atoms with E-state index in [4.69, 9.17) is 4.74 Å². The fourth-order valence-electron chi connectivity index (χ4n) is 2.82. The second kappa shape index (κ2) is 6.98. The zero-order valence-electron chi connectivity index (χ0n) is 14.3. The Balaban J connectivity index is 2.26. The molecule has 0 aliphatic carbocycles. The number of hydrogen-bond donors (Lipinski definition) is 3. The predicted octanol–water partition coefficient (Wildman–Crippen LogP) is 0.646. The van der Waals surface area contributed by atoms with Crippen LogP contribution in [-0.4, -0.2) is 51.8 Å². The number of rotatable bonds is 6. The number of aliphatic hydroxyl groups is 2. The van der Waals surface area contributed by atoms with Gasteiger partial charge in [-0.3, -0.25) is 9.48 Å². The van der Waals surface area contributed by atoms with Crippen LogP contribution in [-0.2, 0) is 17.7 Å². The highest BCUT2D eigenvalue weighted by molar-refractivity contribution is 5.94. The molecule has 7 nitrogen and oxygen atoms in total. The molecular formula is C16H27N3O4. The number of aryl methyl sites for hydroxylation is 1. The zero-order chi connectivity index (χ0) is 17.2. The molecule has 1 aliphatic rings. The number of aliphatic hydroxyl groups excluding tert-OH is 2. The lowest BCUT2D eigenvalue weighted by molar-refractivity contribution is -0.00712. The first-order valence-electron chi connectivity index (χ1n) is 8.10. The molecular weight excluding hydrogens is 298 g/mol. The summed E-state index contributed by atoms with van der Waals surface area (Å²) in [5.74, 6) is -0.227. The molecule has 0 radical (unpaired) electrons. The number of amides is 1. The van der Waals surface area contributed by atoms with E-state index < -0.39 is 5.41 Å². The van der Waals surface area contributed by atoms with Gasteiger partial charge in [-0.15, -0.1) is 0 Å². The SMILES string of the molecule is CCn1nc2c(c1C(=O)NCC(C)(CO)CO)C[C@H](C)O[C@@H]2C. The van der Waals surface area contributed by atoms with Crippen LogP contribution in [0.2, 0.25) is 0 Å². The lowest BCUT2D eigenvalue weighted by Crippen LogP contribution is -2.41. The normalized spacial score (nSPS) is 21.1. The average molecular weight is 325 g/mol. The standard InChI is InChI=1S/C16H27N3O4/c1-5-19-14(15(22)17-7-16(4,8-20)9-21)12-6-10(2)23-11(3)13(12)18-19/h10-11,20-21H,5-9H2,1-4H3,(H,17,22)/t10-,11+/m0/s1. The van der Waals surface area contributed by atoms with E-state index in [2.05, 4.69) is 10.4 Å². The Bertz CT molecular complexity index is 566. The van der Waals surface area contributed by atoms with Crippen LogP contribution in [0.1, 0.15) is 55.5 Å². The van der Waals surface area contributed by atoms with Crippen molar-refractivity contribution in [3.63, 3.8) is 0 Å². The molecule has 0 spiro atoms. The summed E-state index contributed by atoms with van der Waals surface area (Å²) >= 11 is 0. The summed E-state index contributed by atoms with van der Waals surface area (Å²) in [5, 5.41) is 26.0. The highest BCUT2D eigenvalue weighted by atomic mass is 16.5. The Morgan fingerprint density at radius 1 is 1.43 bits per heavy atom. The molecule has 1 amide bonds. The van der Waals surface area contributed by atoms with Crippen molar-refractivity contribution >= 4 is 5.91 Å². The highest BCUT2D eigenvalue weighted by Gasteiger charge is 2.32. The predicted molar refractivity (Wildman–Crippen MR) is 85.2 cm³/mol. The minimum atomic E-state index is -0.740. The maximum Gasteiger partial charge on any atom is 0.269 e. The lowest BCUT2D eigenvalue weighted by atomic mass is 9.93. The largest absolute Gasteiger partial charge is 0.396 e. The maximum atomic E-state index is 12.7. The number of ether oxygens (including phenoxy) is 1. The Hall–Kier alpha value is -1.44. The molecule has 3 N–H and O–H groups in total. The van der Waals surface area contributed by atoms with E-state index in [0.29, 0.717) is 18.7 Å². The first-order chi connectivity index (χ1) is 10.8. The Morgan fingerprint density at radius 3 is 2.65 bits per heavy atom. The van der Waals surface area contributed by atoms with Crippen molar-refractivity contribution in [2.75, 3.05) is 19.8 Å².